The molecular weight excluding hydrogens is 304 g/mol. The number of hydrogen-bond acceptors (Lipinski definition) is 4. The number of nitrogens with zero attached hydrogens (tertiary/aromatic N) is 1. The third kappa shape index (κ3) is 4.12. The van der Waals surface area contributed by atoms with Crippen molar-refractivity contribution in [3.63, 3.8) is 0 Å². The minimum Gasteiger partial charge on any atom is -0.491 e. The molecule has 5 heteroatoms. The van der Waals surface area contributed by atoms with Crippen LogP contribution in [0, 0.1) is 11.3 Å². The van der Waals surface area contributed by atoms with Crippen LogP contribution in [0.1, 0.15) is 28.8 Å². The molecule has 0 spiro atoms. The molecule has 1 saturated heterocycles. The number of nitriles is 1. The second kappa shape index (κ2) is 7.62. The Hall–Kier alpha value is -2.84. The second-order valence-electron chi connectivity index (χ2n) is 5.61. The van der Waals surface area contributed by atoms with Gasteiger partial charge in [-0.3, -0.25) is 4.79 Å². The van der Waals surface area contributed by atoms with Crippen molar-refractivity contribution < 1.29 is 14.3 Å². The van der Waals surface area contributed by atoms with Gasteiger partial charge in [-0.1, -0.05) is 0 Å². The fourth-order valence-corrected chi connectivity index (χ4v) is 2.50. The highest BCUT2D eigenvalue weighted by Gasteiger charge is 2.16. The number of carbonyl (C=O) groups excluding carboxylic acids is 1. The summed E-state index contributed by atoms with van der Waals surface area (Å²) in [4.78, 5) is 12.2. The molecule has 0 bridgehead atoms. The average Bonchev–Trinajstić information content (AvgIpc) is 3.14. The van der Waals surface area contributed by atoms with E-state index in [0.29, 0.717) is 23.4 Å². The van der Waals surface area contributed by atoms with Crippen molar-refractivity contribution in [1.29, 1.82) is 5.26 Å². The summed E-state index contributed by atoms with van der Waals surface area (Å²) < 4.78 is 11.2. The lowest BCUT2D eigenvalue weighted by Gasteiger charge is -2.11. The third-order valence-electron chi connectivity index (χ3n) is 3.85. The van der Waals surface area contributed by atoms with Crippen LogP contribution >= 0.6 is 0 Å². The first kappa shape index (κ1) is 16.0. The molecule has 0 aliphatic carbocycles. The largest absolute Gasteiger partial charge is 0.491 e. The molecule has 5 nitrogen and oxygen atoms in total. The standard InChI is InChI=1S/C19H18N2O3/c20-12-14-3-7-16(8-4-14)21-19(22)15-5-9-17(10-6-15)24-13-18-2-1-11-23-18/h3-10,18H,1-2,11,13H2,(H,21,22)/t18-/m0/s1. The molecule has 122 valence electrons. The van der Waals surface area contributed by atoms with Crippen molar-refractivity contribution in [3.8, 4) is 11.8 Å². The van der Waals surface area contributed by atoms with Crippen molar-refractivity contribution in [1.82, 2.24) is 0 Å². The maximum absolute atomic E-state index is 12.2. The Morgan fingerprint density at radius 2 is 1.96 bits per heavy atom. The molecule has 3 rings (SSSR count). The molecule has 1 aliphatic rings. The van der Waals surface area contributed by atoms with Gasteiger partial charge in [0.15, 0.2) is 0 Å². The van der Waals surface area contributed by atoms with E-state index in [9.17, 15) is 4.79 Å². The zero-order valence-corrected chi connectivity index (χ0v) is 13.2. The number of carbonyl (C=O) groups is 1. The molecule has 2 aromatic carbocycles. The number of amides is 1. The van der Waals surface area contributed by atoms with E-state index < -0.39 is 0 Å². The van der Waals surface area contributed by atoms with E-state index in [1.165, 1.54) is 0 Å². The quantitative estimate of drug-likeness (QED) is 0.916. The van der Waals surface area contributed by atoms with Gasteiger partial charge >= 0.3 is 0 Å². The van der Waals surface area contributed by atoms with Crippen LogP contribution in [0.2, 0.25) is 0 Å². The SMILES string of the molecule is N#Cc1ccc(NC(=O)c2ccc(OC[C@@H]3CCCO3)cc2)cc1. The molecule has 1 atom stereocenters. The first-order valence-electron chi connectivity index (χ1n) is 7.90. The average molecular weight is 322 g/mol. The summed E-state index contributed by atoms with van der Waals surface area (Å²) >= 11 is 0. The maximum Gasteiger partial charge on any atom is 0.255 e. The van der Waals surface area contributed by atoms with Crippen molar-refractivity contribution >= 4 is 11.6 Å². The summed E-state index contributed by atoms with van der Waals surface area (Å²) in [6.45, 7) is 1.35. The third-order valence-corrected chi connectivity index (χ3v) is 3.85. The first-order valence-corrected chi connectivity index (χ1v) is 7.90. The number of benzene rings is 2. The van der Waals surface area contributed by atoms with E-state index in [1.807, 2.05) is 6.07 Å². The van der Waals surface area contributed by atoms with Crippen LogP contribution in [-0.4, -0.2) is 25.2 Å². The molecule has 1 heterocycles. The molecule has 0 radical (unpaired) electrons. The molecule has 1 aliphatic heterocycles. The molecular formula is C19H18N2O3. The highest BCUT2D eigenvalue weighted by Crippen LogP contribution is 2.17. The second-order valence-corrected chi connectivity index (χ2v) is 5.61. The van der Waals surface area contributed by atoms with E-state index in [1.54, 1.807) is 48.5 Å². The van der Waals surface area contributed by atoms with E-state index in [-0.39, 0.29) is 12.0 Å². The minimum absolute atomic E-state index is 0.171. The minimum atomic E-state index is -0.203. The fourth-order valence-electron chi connectivity index (χ4n) is 2.50. The van der Waals surface area contributed by atoms with Gasteiger partial charge in [-0.05, 0) is 61.4 Å². The van der Waals surface area contributed by atoms with E-state index in [4.69, 9.17) is 14.7 Å². The Morgan fingerprint density at radius 3 is 2.58 bits per heavy atom. The molecule has 0 aromatic heterocycles. The van der Waals surface area contributed by atoms with Crippen LogP contribution in [0.5, 0.6) is 5.75 Å². The number of rotatable bonds is 5. The molecule has 0 unspecified atom stereocenters. The lowest BCUT2D eigenvalue weighted by molar-refractivity contribution is 0.0679. The summed E-state index contributed by atoms with van der Waals surface area (Å²) in [5.41, 5.74) is 1.75. The van der Waals surface area contributed by atoms with E-state index >= 15 is 0 Å². The maximum atomic E-state index is 12.2. The van der Waals surface area contributed by atoms with Crippen LogP contribution in [0.15, 0.2) is 48.5 Å². The van der Waals surface area contributed by atoms with Gasteiger partial charge in [-0.25, -0.2) is 0 Å². The zero-order chi connectivity index (χ0) is 16.8. The summed E-state index contributed by atoms with van der Waals surface area (Å²) in [6.07, 6.45) is 2.29. The van der Waals surface area contributed by atoms with Crippen molar-refractivity contribution in [3.05, 3.63) is 59.7 Å². The van der Waals surface area contributed by atoms with Gasteiger partial charge in [-0.15, -0.1) is 0 Å². The summed E-state index contributed by atoms with van der Waals surface area (Å²) in [6, 6.07) is 15.8. The Kier molecular flexibility index (Phi) is 5.09. The van der Waals surface area contributed by atoms with Gasteiger partial charge in [0, 0.05) is 17.9 Å². The lowest BCUT2D eigenvalue weighted by atomic mass is 10.2. The van der Waals surface area contributed by atoms with Crippen molar-refractivity contribution in [2.45, 2.75) is 18.9 Å². The van der Waals surface area contributed by atoms with Crippen LogP contribution in [0.4, 0.5) is 5.69 Å². The molecule has 1 amide bonds. The number of hydrogen-bond donors (Lipinski definition) is 1. The van der Waals surface area contributed by atoms with Crippen LogP contribution in [0.25, 0.3) is 0 Å². The normalized spacial score (nSPS) is 16.4. The van der Waals surface area contributed by atoms with Gasteiger partial charge < -0.3 is 14.8 Å². The highest BCUT2D eigenvalue weighted by molar-refractivity contribution is 6.04. The summed E-state index contributed by atoms with van der Waals surface area (Å²) in [7, 11) is 0. The predicted octanol–water partition coefficient (Wildman–Crippen LogP) is 3.37. The lowest BCUT2D eigenvalue weighted by Crippen LogP contribution is -2.16. The van der Waals surface area contributed by atoms with E-state index in [2.05, 4.69) is 5.32 Å². The monoisotopic (exact) mass is 322 g/mol. The summed E-state index contributed by atoms with van der Waals surface area (Å²) in [5.74, 6) is 0.519. The molecule has 0 saturated carbocycles. The van der Waals surface area contributed by atoms with Gasteiger partial charge in [0.1, 0.15) is 12.4 Å². The van der Waals surface area contributed by atoms with Crippen LogP contribution in [0.3, 0.4) is 0 Å². The Bertz CT molecular complexity index is 727. The number of anilines is 1. The Balaban J connectivity index is 1.55. The van der Waals surface area contributed by atoms with Crippen molar-refractivity contribution in [2.75, 3.05) is 18.5 Å². The number of ether oxygens (including phenoxy) is 2. The molecule has 1 fully saturated rings. The molecule has 24 heavy (non-hydrogen) atoms. The fraction of sp³-hybridized carbons (Fsp3) is 0.263. The van der Waals surface area contributed by atoms with E-state index in [0.717, 1.165) is 25.2 Å². The summed E-state index contributed by atoms with van der Waals surface area (Å²) in [5, 5.41) is 11.6. The van der Waals surface area contributed by atoms with Crippen LogP contribution in [-0.2, 0) is 4.74 Å². The Morgan fingerprint density at radius 1 is 1.21 bits per heavy atom. The highest BCUT2D eigenvalue weighted by atomic mass is 16.5. The van der Waals surface area contributed by atoms with Gasteiger partial charge in [0.05, 0.1) is 17.7 Å². The predicted molar refractivity (Wildman–Crippen MR) is 90.0 cm³/mol. The zero-order valence-electron chi connectivity index (χ0n) is 13.2. The van der Waals surface area contributed by atoms with Gasteiger partial charge in [-0.2, -0.15) is 5.26 Å². The van der Waals surface area contributed by atoms with Crippen molar-refractivity contribution in [2.24, 2.45) is 0 Å². The van der Waals surface area contributed by atoms with Gasteiger partial charge in [0.25, 0.3) is 5.91 Å². The molecule has 2 aromatic rings. The topological polar surface area (TPSA) is 71.4 Å². The molecule has 1 N–H and O–H groups in total. The Labute approximate surface area is 140 Å². The first-order chi connectivity index (χ1) is 11.7. The number of nitrogens with one attached hydrogen (secondary N) is 1. The smallest absolute Gasteiger partial charge is 0.255 e. The van der Waals surface area contributed by atoms with Crippen LogP contribution < -0.4 is 10.1 Å². The van der Waals surface area contributed by atoms with Gasteiger partial charge in [0.2, 0.25) is 0 Å².